The van der Waals surface area contributed by atoms with Gasteiger partial charge >= 0.3 is 0 Å². The fourth-order valence-corrected chi connectivity index (χ4v) is 3.86. The molecule has 0 atom stereocenters. The van der Waals surface area contributed by atoms with E-state index in [0.717, 1.165) is 37.1 Å². The molecular weight excluding hydrogens is 312 g/mol. The first-order chi connectivity index (χ1) is 11.3. The van der Waals surface area contributed by atoms with Gasteiger partial charge in [0.1, 0.15) is 0 Å². The summed E-state index contributed by atoms with van der Waals surface area (Å²) >= 11 is 1.59. The molecule has 1 aliphatic heterocycles. The first kappa shape index (κ1) is 16.4. The number of hydrogen-bond acceptors (Lipinski definition) is 6. The molecule has 23 heavy (non-hydrogen) atoms. The number of hydrazone groups is 1. The highest BCUT2D eigenvalue weighted by atomic mass is 32.1. The van der Waals surface area contributed by atoms with Crippen molar-refractivity contribution in [3.63, 3.8) is 0 Å². The summed E-state index contributed by atoms with van der Waals surface area (Å²) in [6, 6.07) is 0. The minimum absolute atomic E-state index is 0.101. The summed E-state index contributed by atoms with van der Waals surface area (Å²) in [4.78, 5) is 18.7. The van der Waals surface area contributed by atoms with Crippen molar-refractivity contribution in [1.29, 1.82) is 0 Å². The Morgan fingerprint density at radius 3 is 2.96 bits per heavy atom. The van der Waals surface area contributed by atoms with Gasteiger partial charge in [0.15, 0.2) is 5.13 Å². The maximum atomic E-state index is 11.9. The zero-order chi connectivity index (χ0) is 15.9. The molecule has 2 fully saturated rings. The number of anilines is 1. The highest BCUT2D eigenvalue weighted by Gasteiger charge is 2.16. The Morgan fingerprint density at radius 2 is 2.17 bits per heavy atom. The SMILES string of the molecule is O=C(Cc1csc(N2CCOCC2)n1)NN=CC1CCCCC1. The lowest BCUT2D eigenvalue weighted by Crippen LogP contribution is -2.36. The van der Waals surface area contributed by atoms with Gasteiger partial charge in [-0.3, -0.25) is 4.79 Å². The number of morpholine rings is 1. The standard InChI is InChI=1S/C16H24N4O2S/c21-15(19-17-11-13-4-2-1-3-5-13)10-14-12-23-16(18-14)20-6-8-22-9-7-20/h11-13H,1-10H2,(H,19,21). The summed E-state index contributed by atoms with van der Waals surface area (Å²) in [6.07, 6.45) is 8.43. The summed E-state index contributed by atoms with van der Waals surface area (Å²) in [5.74, 6) is 0.423. The van der Waals surface area contributed by atoms with Crippen LogP contribution in [0.2, 0.25) is 0 Å². The molecule has 1 aliphatic carbocycles. The fraction of sp³-hybridized carbons (Fsp3) is 0.688. The predicted octanol–water partition coefficient (Wildman–Crippen LogP) is 2.20. The lowest BCUT2D eigenvalue weighted by Gasteiger charge is -2.26. The second-order valence-electron chi connectivity index (χ2n) is 6.11. The summed E-state index contributed by atoms with van der Waals surface area (Å²) < 4.78 is 5.34. The van der Waals surface area contributed by atoms with E-state index < -0.39 is 0 Å². The molecule has 3 rings (SSSR count). The number of carbonyl (C=O) groups is 1. The van der Waals surface area contributed by atoms with Gasteiger partial charge in [0.05, 0.1) is 25.3 Å². The van der Waals surface area contributed by atoms with Crippen molar-refractivity contribution in [2.75, 3.05) is 31.2 Å². The Hall–Kier alpha value is -1.47. The summed E-state index contributed by atoms with van der Waals surface area (Å²) in [7, 11) is 0. The average molecular weight is 336 g/mol. The van der Waals surface area contributed by atoms with Crippen LogP contribution in [0.1, 0.15) is 37.8 Å². The molecule has 0 aromatic carbocycles. The van der Waals surface area contributed by atoms with Crippen molar-refractivity contribution >= 4 is 28.6 Å². The Kier molecular flexibility index (Phi) is 5.99. The monoisotopic (exact) mass is 336 g/mol. The average Bonchev–Trinajstić information content (AvgIpc) is 3.05. The van der Waals surface area contributed by atoms with Crippen LogP contribution < -0.4 is 10.3 Å². The molecule has 1 saturated carbocycles. The van der Waals surface area contributed by atoms with Crippen LogP contribution in [0.5, 0.6) is 0 Å². The molecule has 6 nitrogen and oxygen atoms in total. The van der Waals surface area contributed by atoms with Crippen LogP contribution >= 0.6 is 11.3 Å². The molecule has 1 N–H and O–H groups in total. The Labute approximate surface area is 140 Å². The minimum Gasteiger partial charge on any atom is -0.378 e. The van der Waals surface area contributed by atoms with Crippen molar-refractivity contribution in [3.8, 4) is 0 Å². The topological polar surface area (TPSA) is 66.8 Å². The van der Waals surface area contributed by atoms with Crippen LogP contribution in [0.4, 0.5) is 5.13 Å². The highest BCUT2D eigenvalue weighted by molar-refractivity contribution is 7.13. The van der Waals surface area contributed by atoms with Gasteiger partial charge in [0.25, 0.3) is 0 Å². The van der Waals surface area contributed by atoms with Crippen LogP contribution in [-0.2, 0) is 16.0 Å². The van der Waals surface area contributed by atoms with Gasteiger partial charge in [-0.1, -0.05) is 19.3 Å². The molecule has 0 unspecified atom stereocenters. The Balaban J connectivity index is 1.44. The number of hydrogen-bond donors (Lipinski definition) is 1. The van der Waals surface area contributed by atoms with Crippen molar-refractivity contribution in [2.45, 2.75) is 38.5 Å². The zero-order valence-corrected chi connectivity index (χ0v) is 14.2. The normalized spacial score (nSPS) is 20.1. The van der Waals surface area contributed by atoms with E-state index in [2.05, 4.69) is 20.4 Å². The molecule has 126 valence electrons. The number of rotatable bonds is 5. The zero-order valence-electron chi connectivity index (χ0n) is 13.4. The number of amides is 1. The predicted molar refractivity (Wildman–Crippen MR) is 92.1 cm³/mol. The maximum Gasteiger partial charge on any atom is 0.246 e. The summed E-state index contributed by atoms with van der Waals surface area (Å²) in [6.45, 7) is 3.21. The van der Waals surface area contributed by atoms with Gasteiger partial charge in [-0.15, -0.1) is 11.3 Å². The Bertz CT molecular complexity index is 534. The van der Waals surface area contributed by atoms with E-state index in [-0.39, 0.29) is 12.3 Å². The van der Waals surface area contributed by atoms with Crippen molar-refractivity contribution in [3.05, 3.63) is 11.1 Å². The van der Waals surface area contributed by atoms with Gasteiger partial charge < -0.3 is 9.64 Å². The summed E-state index contributed by atoms with van der Waals surface area (Å²) in [5, 5.41) is 7.04. The molecule has 1 saturated heterocycles. The van der Waals surface area contributed by atoms with Gasteiger partial charge in [0.2, 0.25) is 5.91 Å². The minimum atomic E-state index is -0.101. The first-order valence-corrected chi connectivity index (χ1v) is 9.28. The molecule has 0 bridgehead atoms. The molecule has 2 heterocycles. The van der Waals surface area contributed by atoms with E-state index in [1.165, 1.54) is 32.1 Å². The molecule has 2 aliphatic rings. The molecule has 1 amide bonds. The van der Waals surface area contributed by atoms with Gasteiger partial charge in [0, 0.05) is 24.7 Å². The van der Waals surface area contributed by atoms with E-state index in [4.69, 9.17) is 4.74 Å². The number of aromatic nitrogens is 1. The second kappa shape index (κ2) is 8.40. The van der Waals surface area contributed by atoms with E-state index in [1.54, 1.807) is 11.3 Å². The fourth-order valence-electron chi connectivity index (χ4n) is 2.98. The van der Waals surface area contributed by atoms with Crippen LogP contribution in [-0.4, -0.2) is 43.4 Å². The Morgan fingerprint density at radius 1 is 1.39 bits per heavy atom. The number of nitrogens with one attached hydrogen (secondary N) is 1. The van der Waals surface area contributed by atoms with Crippen LogP contribution in [0, 0.1) is 5.92 Å². The van der Waals surface area contributed by atoms with Gasteiger partial charge in [-0.05, 0) is 18.8 Å². The first-order valence-electron chi connectivity index (χ1n) is 8.40. The highest BCUT2D eigenvalue weighted by Crippen LogP contribution is 2.22. The lowest BCUT2D eigenvalue weighted by molar-refractivity contribution is -0.120. The smallest absolute Gasteiger partial charge is 0.246 e. The van der Waals surface area contributed by atoms with Crippen LogP contribution in [0.15, 0.2) is 10.5 Å². The van der Waals surface area contributed by atoms with Crippen molar-refractivity contribution in [2.24, 2.45) is 11.0 Å². The van der Waals surface area contributed by atoms with Crippen molar-refractivity contribution < 1.29 is 9.53 Å². The van der Waals surface area contributed by atoms with Gasteiger partial charge in [-0.25, -0.2) is 10.4 Å². The molecule has 1 aromatic heterocycles. The summed E-state index contributed by atoms with van der Waals surface area (Å²) in [5.41, 5.74) is 3.44. The molecule has 1 aromatic rings. The van der Waals surface area contributed by atoms with E-state index in [1.807, 2.05) is 11.6 Å². The van der Waals surface area contributed by atoms with Crippen LogP contribution in [0.25, 0.3) is 0 Å². The quantitative estimate of drug-likeness (QED) is 0.661. The number of nitrogens with zero attached hydrogens (tertiary/aromatic N) is 3. The van der Waals surface area contributed by atoms with Crippen LogP contribution in [0.3, 0.4) is 0 Å². The molecular formula is C16H24N4O2S. The van der Waals surface area contributed by atoms with E-state index >= 15 is 0 Å². The number of carbonyl (C=O) groups excluding carboxylic acids is 1. The number of thiazole rings is 1. The lowest BCUT2D eigenvalue weighted by atomic mass is 9.90. The molecule has 0 radical (unpaired) electrons. The third-order valence-corrected chi connectivity index (χ3v) is 5.24. The largest absolute Gasteiger partial charge is 0.378 e. The van der Waals surface area contributed by atoms with Crippen molar-refractivity contribution in [1.82, 2.24) is 10.4 Å². The van der Waals surface area contributed by atoms with Gasteiger partial charge in [-0.2, -0.15) is 5.10 Å². The molecule has 7 heteroatoms. The molecule has 0 spiro atoms. The third-order valence-electron chi connectivity index (χ3n) is 4.29. The van der Waals surface area contributed by atoms with E-state index in [0.29, 0.717) is 5.92 Å². The van der Waals surface area contributed by atoms with E-state index in [9.17, 15) is 4.79 Å². The third kappa shape index (κ3) is 5.00. The second-order valence-corrected chi connectivity index (χ2v) is 6.95. The number of ether oxygens (including phenoxy) is 1. The maximum absolute atomic E-state index is 11.9.